The lowest BCUT2D eigenvalue weighted by molar-refractivity contribution is 0.0779. The van der Waals surface area contributed by atoms with E-state index in [1.165, 1.54) is 5.56 Å². The monoisotopic (exact) mass is 307 g/mol. The van der Waals surface area contributed by atoms with Crippen molar-refractivity contribution in [2.24, 2.45) is 0 Å². The highest BCUT2D eigenvalue weighted by atomic mass is 16.2. The highest BCUT2D eigenvalue weighted by Gasteiger charge is 2.19. The highest BCUT2D eigenvalue weighted by molar-refractivity contribution is 6.00. The van der Waals surface area contributed by atoms with Crippen LogP contribution in [0.15, 0.2) is 36.7 Å². The van der Waals surface area contributed by atoms with Gasteiger partial charge in [-0.1, -0.05) is 11.6 Å². The van der Waals surface area contributed by atoms with Crippen LogP contribution in [-0.2, 0) is 6.54 Å². The fourth-order valence-electron chi connectivity index (χ4n) is 2.83. The van der Waals surface area contributed by atoms with Crippen molar-refractivity contribution < 1.29 is 4.79 Å². The molecule has 0 aliphatic carbocycles. The minimum Gasteiger partial charge on any atom is -0.350 e. The van der Waals surface area contributed by atoms with Gasteiger partial charge in [-0.05, 0) is 55.7 Å². The third-order valence-electron chi connectivity index (χ3n) is 4.33. The molecule has 0 saturated carbocycles. The minimum atomic E-state index is -0.000365. The van der Waals surface area contributed by atoms with E-state index in [1.807, 2.05) is 39.2 Å². The average Bonchev–Trinajstić information content (AvgIpc) is 2.85. The Balaban J connectivity index is 1.91. The minimum absolute atomic E-state index is 0.000365. The van der Waals surface area contributed by atoms with Crippen LogP contribution >= 0.6 is 0 Å². The molecule has 1 amide bonds. The number of rotatable bonds is 3. The molecule has 0 aliphatic rings. The van der Waals surface area contributed by atoms with Crippen LogP contribution in [0.25, 0.3) is 10.9 Å². The van der Waals surface area contributed by atoms with Crippen LogP contribution in [0.2, 0.25) is 0 Å². The van der Waals surface area contributed by atoms with Gasteiger partial charge in [0, 0.05) is 36.9 Å². The van der Waals surface area contributed by atoms with Crippen molar-refractivity contribution in [1.29, 1.82) is 0 Å². The number of nitrogens with zero attached hydrogens (tertiary/aromatic N) is 2. The Labute approximate surface area is 136 Å². The third-order valence-corrected chi connectivity index (χ3v) is 4.33. The molecule has 1 aromatic carbocycles. The fraction of sp³-hybridized carbons (Fsp3) is 0.263. The molecule has 23 heavy (non-hydrogen) atoms. The molecule has 0 aliphatic heterocycles. The second-order valence-corrected chi connectivity index (χ2v) is 6.14. The summed E-state index contributed by atoms with van der Waals surface area (Å²) >= 11 is 0. The van der Waals surface area contributed by atoms with E-state index in [-0.39, 0.29) is 5.91 Å². The molecule has 0 atom stereocenters. The molecule has 0 saturated heterocycles. The first-order valence-electron chi connectivity index (χ1n) is 7.71. The largest absolute Gasteiger partial charge is 0.350 e. The molecule has 4 heteroatoms. The number of aryl methyl sites for hydroxylation is 3. The van der Waals surface area contributed by atoms with Crippen molar-refractivity contribution in [3.8, 4) is 0 Å². The number of benzene rings is 1. The Morgan fingerprint density at radius 1 is 1.22 bits per heavy atom. The van der Waals surface area contributed by atoms with Crippen LogP contribution in [0.5, 0.6) is 0 Å². The number of pyridine rings is 1. The van der Waals surface area contributed by atoms with E-state index >= 15 is 0 Å². The van der Waals surface area contributed by atoms with Crippen molar-refractivity contribution in [3.63, 3.8) is 0 Å². The Morgan fingerprint density at radius 3 is 2.74 bits per heavy atom. The molecule has 3 rings (SSSR count). The molecule has 0 bridgehead atoms. The summed E-state index contributed by atoms with van der Waals surface area (Å²) in [4.78, 5) is 22.0. The molecule has 2 heterocycles. The number of carbonyl (C=O) groups is 1. The quantitative estimate of drug-likeness (QED) is 0.801. The van der Waals surface area contributed by atoms with Crippen molar-refractivity contribution in [3.05, 3.63) is 64.6 Å². The zero-order valence-corrected chi connectivity index (χ0v) is 14.0. The Kier molecular flexibility index (Phi) is 3.90. The maximum Gasteiger partial charge on any atom is 0.270 e. The molecule has 1 N–H and O–H groups in total. The Bertz CT molecular complexity index is 879. The molecule has 0 spiro atoms. The summed E-state index contributed by atoms with van der Waals surface area (Å²) in [6, 6.07) is 8.16. The predicted octanol–water partition coefficient (Wildman–Crippen LogP) is 3.76. The Hall–Kier alpha value is -2.62. The number of hydrogen-bond acceptors (Lipinski definition) is 2. The summed E-state index contributed by atoms with van der Waals surface area (Å²) in [5.74, 6) is -0.000365. The van der Waals surface area contributed by atoms with Gasteiger partial charge in [0.25, 0.3) is 5.91 Å². The molecule has 4 nitrogen and oxygen atoms in total. The van der Waals surface area contributed by atoms with Gasteiger partial charge in [0.05, 0.1) is 0 Å². The van der Waals surface area contributed by atoms with Gasteiger partial charge in [0.1, 0.15) is 5.69 Å². The maximum absolute atomic E-state index is 12.8. The normalized spacial score (nSPS) is 11.0. The lowest BCUT2D eigenvalue weighted by Crippen LogP contribution is -2.27. The zero-order chi connectivity index (χ0) is 16.6. The van der Waals surface area contributed by atoms with Crippen molar-refractivity contribution >= 4 is 16.8 Å². The molecule has 0 fully saturated rings. The summed E-state index contributed by atoms with van der Waals surface area (Å²) < 4.78 is 0. The van der Waals surface area contributed by atoms with E-state index in [4.69, 9.17) is 0 Å². The van der Waals surface area contributed by atoms with E-state index in [2.05, 4.69) is 29.0 Å². The van der Waals surface area contributed by atoms with Crippen LogP contribution < -0.4 is 0 Å². The lowest BCUT2D eigenvalue weighted by atomic mass is 10.1. The predicted molar refractivity (Wildman–Crippen MR) is 92.5 cm³/mol. The number of hydrogen-bond donors (Lipinski definition) is 1. The van der Waals surface area contributed by atoms with Gasteiger partial charge < -0.3 is 9.88 Å². The van der Waals surface area contributed by atoms with Gasteiger partial charge in [-0.3, -0.25) is 9.78 Å². The number of nitrogens with one attached hydrogen (secondary N) is 1. The van der Waals surface area contributed by atoms with E-state index < -0.39 is 0 Å². The standard InChI is InChI=1S/C19H21N3O/c1-12-5-6-17-16(9-12)14(3)18(21-17)19(23)22(4)11-15-10-20-8-7-13(15)2/h5-10,21H,11H2,1-4H3. The summed E-state index contributed by atoms with van der Waals surface area (Å²) in [7, 11) is 1.82. The lowest BCUT2D eigenvalue weighted by Gasteiger charge is -2.18. The summed E-state index contributed by atoms with van der Waals surface area (Å²) in [6.45, 7) is 6.64. The SMILES string of the molecule is Cc1ccc2[nH]c(C(=O)N(C)Cc3cnccc3C)c(C)c2c1. The summed E-state index contributed by atoms with van der Waals surface area (Å²) in [6.07, 6.45) is 3.59. The molecular weight excluding hydrogens is 286 g/mol. The van der Waals surface area contributed by atoms with Crippen molar-refractivity contribution in [1.82, 2.24) is 14.9 Å². The topological polar surface area (TPSA) is 49.0 Å². The van der Waals surface area contributed by atoms with Gasteiger partial charge >= 0.3 is 0 Å². The zero-order valence-electron chi connectivity index (χ0n) is 14.0. The number of aromatic nitrogens is 2. The van der Waals surface area contributed by atoms with E-state index in [0.717, 1.165) is 27.6 Å². The van der Waals surface area contributed by atoms with E-state index in [1.54, 1.807) is 11.1 Å². The average molecular weight is 307 g/mol. The molecule has 0 unspecified atom stereocenters. The first-order valence-corrected chi connectivity index (χ1v) is 7.71. The summed E-state index contributed by atoms with van der Waals surface area (Å²) in [5.41, 5.74) is 6.06. The first kappa shape index (κ1) is 15.3. The molecule has 2 aromatic heterocycles. The third kappa shape index (κ3) is 2.84. The van der Waals surface area contributed by atoms with Crippen LogP contribution in [0.3, 0.4) is 0 Å². The molecule has 3 aromatic rings. The number of fused-ring (bicyclic) bond motifs is 1. The number of carbonyl (C=O) groups excluding carboxylic acids is 1. The van der Waals surface area contributed by atoms with Crippen LogP contribution in [0.1, 0.15) is 32.7 Å². The van der Waals surface area contributed by atoms with Crippen molar-refractivity contribution in [2.45, 2.75) is 27.3 Å². The van der Waals surface area contributed by atoms with E-state index in [0.29, 0.717) is 12.2 Å². The van der Waals surface area contributed by atoms with Gasteiger partial charge in [0.15, 0.2) is 0 Å². The number of H-pyrrole nitrogens is 1. The van der Waals surface area contributed by atoms with Gasteiger partial charge in [-0.15, -0.1) is 0 Å². The molecule has 118 valence electrons. The fourth-order valence-corrected chi connectivity index (χ4v) is 2.83. The first-order chi connectivity index (χ1) is 11.0. The highest BCUT2D eigenvalue weighted by Crippen LogP contribution is 2.24. The smallest absolute Gasteiger partial charge is 0.270 e. The van der Waals surface area contributed by atoms with Crippen molar-refractivity contribution in [2.75, 3.05) is 7.05 Å². The number of amides is 1. The van der Waals surface area contributed by atoms with Gasteiger partial charge in [0.2, 0.25) is 0 Å². The second-order valence-electron chi connectivity index (χ2n) is 6.14. The van der Waals surface area contributed by atoms with Gasteiger partial charge in [-0.2, -0.15) is 0 Å². The molecule has 0 radical (unpaired) electrons. The molecular formula is C19H21N3O. The van der Waals surface area contributed by atoms with Crippen LogP contribution in [0, 0.1) is 20.8 Å². The van der Waals surface area contributed by atoms with Crippen LogP contribution in [-0.4, -0.2) is 27.8 Å². The number of aromatic amines is 1. The van der Waals surface area contributed by atoms with Crippen LogP contribution in [0.4, 0.5) is 0 Å². The van der Waals surface area contributed by atoms with Gasteiger partial charge in [-0.25, -0.2) is 0 Å². The maximum atomic E-state index is 12.8. The second kappa shape index (κ2) is 5.88. The van der Waals surface area contributed by atoms with E-state index in [9.17, 15) is 4.79 Å². The Morgan fingerprint density at radius 2 is 2.00 bits per heavy atom. The summed E-state index contributed by atoms with van der Waals surface area (Å²) in [5, 5.41) is 1.11.